The van der Waals surface area contributed by atoms with Gasteiger partial charge in [0.2, 0.25) is 11.8 Å². The molecule has 0 aliphatic rings. The van der Waals surface area contributed by atoms with E-state index in [0.717, 1.165) is 22.0 Å². The highest BCUT2D eigenvalue weighted by atomic mass is 16.3. The maximum Gasteiger partial charge on any atom is 0.212 e. The number of nitrogens with zero attached hydrogens (tertiary/aromatic N) is 3. The third-order valence-electron chi connectivity index (χ3n) is 3.84. The van der Waals surface area contributed by atoms with Crippen LogP contribution in [-0.2, 0) is 0 Å². The zero-order chi connectivity index (χ0) is 15.3. The number of rotatable bonds is 1. The number of pyridine rings is 1. The maximum absolute atomic E-state index is 9.70. The fourth-order valence-corrected chi connectivity index (χ4v) is 2.85. The zero-order valence-electron chi connectivity index (χ0n) is 12.0. The first kappa shape index (κ1) is 12.6. The van der Waals surface area contributed by atoms with Gasteiger partial charge in [0.15, 0.2) is 5.65 Å². The molecule has 0 amide bonds. The summed E-state index contributed by atoms with van der Waals surface area (Å²) in [6, 6.07) is 15.4. The van der Waals surface area contributed by atoms with Crippen molar-refractivity contribution >= 4 is 27.9 Å². The van der Waals surface area contributed by atoms with Crippen LogP contribution in [0, 0.1) is 6.92 Å². The molecule has 5 heteroatoms. The lowest BCUT2D eigenvalue weighted by atomic mass is 10.0. The molecule has 0 aliphatic carbocycles. The number of aromatic hydroxyl groups is 1. The second kappa shape index (κ2) is 4.46. The number of aryl methyl sites for hydroxylation is 1. The highest BCUT2D eigenvalue weighted by Crippen LogP contribution is 2.31. The lowest BCUT2D eigenvalue weighted by molar-refractivity contribution is 0.455. The Balaban J connectivity index is 2.18. The van der Waals surface area contributed by atoms with Gasteiger partial charge >= 0.3 is 0 Å². The van der Waals surface area contributed by atoms with Gasteiger partial charge in [-0.3, -0.25) is 4.57 Å². The second-order valence-corrected chi connectivity index (χ2v) is 5.27. The molecule has 0 saturated heterocycles. The Kier molecular flexibility index (Phi) is 2.56. The molecule has 5 nitrogen and oxygen atoms in total. The Morgan fingerprint density at radius 3 is 2.68 bits per heavy atom. The molecule has 3 N–H and O–H groups in total. The molecule has 0 fully saturated rings. The van der Waals surface area contributed by atoms with Gasteiger partial charge in [0.1, 0.15) is 5.52 Å². The number of nitrogen functional groups attached to an aromatic ring is 1. The van der Waals surface area contributed by atoms with E-state index in [4.69, 9.17) is 5.73 Å². The monoisotopic (exact) mass is 290 g/mol. The molecule has 0 bridgehead atoms. The Bertz CT molecular complexity index is 1020. The van der Waals surface area contributed by atoms with Gasteiger partial charge in [-0.05, 0) is 23.9 Å². The number of hydrogen-bond donors (Lipinski definition) is 2. The van der Waals surface area contributed by atoms with Crippen LogP contribution in [0.1, 0.15) is 5.56 Å². The Morgan fingerprint density at radius 2 is 1.82 bits per heavy atom. The summed E-state index contributed by atoms with van der Waals surface area (Å²) in [5, 5.41) is 11.9. The molecule has 4 aromatic rings. The smallest absolute Gasteiger partial charge is 0.212 e. The Labute approximate surface area is 126 Å². The molecular formula is C17H14N4O. The van der Waals surface area contributed by atoms with Crippen LogP contribution in [0.3, 0.4) is 0 Å². The van der Waals surface area contributed by atoms with Crippen LogP contribution < -0.4 is 5.73 Å². The van der Waals surface area contributed by atoms with Gasteiger partial charge in [-0.15, -0.1) is 0 Å². The summed E-state index contributed by atoms with van der Waals surface area (Å²) in [6.45, 7) is 2.02. The van der Waals surface area contributed by atoms with Crippen molar-refractivity contribution in [3.63, 3.8) is 0 Å². The van der Waals surface area contributed by atoms with E-state index >= 15 is 0 Å². The molecule has 2 aromatic carbocycles. The van der Waals surface area contributed by atoms with Crippen LogP contribution >= 0.6 is 0 Å². The standard InChI is InChI=1S/C17H14N4O/c1-10-6-7-11-4-2-3-5-12(11)15(10)21-16-13(19-17(21)18)8-9-14(22)20-16/h2-9H,1H3,(H2,18,19)(H,20,22). The topological polar surface area (TPSA) is 77.0 Å². The van der Waals surface area contributed by atoms with E-state index in [1.54, 1.807) is 10.6 Å². The van der Waals surface area contributed by atoms with Gasteiger partial charge in [-0.2, -0.15) is 4.98 Å². The largest absolute Gasteiger partial charge is 0.493 e. The predicted molar refractivity (Wildman–Crippen MR) is 87.2 cm³/mol. The Morgan fingerprint density at radius 1 is 1.00 bits per heavy atom. The van der Waals surface area contributed by atoms with Crippen molar-refractivity contribution in [2.45, 2.75) is 6.92 Å². The van der Waals surface area contributed by atoms with E-state index < -0.39 is 0 Å². The van der Waals surface area contributed by atoms with Crippen LogP contribution in [0.25, 0.3) is 27.6 Å². The number of fused-ring (bicyclic) bond motifs is 2. The third-order valence-corrected chi connectivity index (χ3v) is 3.84. The average molecular weight is 290 g/mol. The Hall–Kier alpha value is -3.08. The first-order valence-electron chi connectivity index (χ1n) is 6.98. The summed E-state index contributed by atoms with van der Waals surface area (Å²) >= 11 is 0. The van der Waals surface area contributed by atoms with E-state index in [2.05, 4.69) is 22.1 Å². The second-order valence-electron chi connectivity index (χ2n) is 5.27. The summed E-state index contributed by atoms with van der Waals surface area (Å²) in [7, 11) is 0. The SMILES string of the molecule is Cc1ccc2ccccc2c1-n1c(N)nc2ccc(O)nc21. The van der Waals surface area contributed by atoms with E-state index in [0.29, 0.717) is 17.1 Å². The summed E-state index contributed by atoms with van der Waals surface area (Å²) in [4.78, 5) is 8.54. The van der Waals surface area contributed by atoms with Gasteiger partial charge in [0, 0.05) is 11.5 Å². The lowest BCUT2D eigenvalue weighted by Crippen LogP contribution is -2.04. The van der Waals surface area contributed by atoms with Gasteiger partial charge < -0.3 is 10.8 Å². The molecular weight excluding hydrogens is 276 g/mol. The van der Waals surface area contributed by atoms with E-state index in [-0.39, 0.29) is 5.88 Å². The molecule has 0 aliphatic heterocycles. The minimum Gasteiger partial charge on any atom is -0.493 e. The molecule has 22 heavy (non-hydrogen) atoms. The van der Waals surface area contributed by atoms with Crippen molar-refractivity contribution in [3.05, 3.63) is 54.1 Å². The van der Waals surface area contributed by atoms with Crippen molar-refractivity contribution in [3.8, 4) is 11.6 Å². The first-order chi connectivity index (χ1) is 10.6. The van der Waals surface area contributed by atoms with Crippen molar-refractivity contribution in [1.29, 1.82) is 0 Å². The summed E-state index contributed by atoms with van der Waals surface area (Å²) in [5.74, 6) is 0.305. The first-order valence-corrected chi connectivity index (χ1v) is 6.98. The average Bonchev–Trinajstić information content (AvgIpc) is 2.83. The van der Waals surface area contributed by atoms with E-state index in [1.807, 2.05) is 31.2 Å². The number of benzene rings is 2. The number of nitrogens with two attached hydrogens (primary N) is 1. The minimum atomic E-state index is -0.0495. The van der Waals surface area contributed by atoms with Crippen molar-refractivity contribution in [2.75, 3.05) is 5.73 Å². The van der Waals surface area contributed by atoms with Crippen molar-refractivity contribution in [2.24, 2.45) is 0 Å². The molecule has 4 rings (SSSR count). The molecule has 0 saturated carbocycles. The van der Waals surface area contributed by atoms with Gasteiger partial charge in [-0.25, -0.2) is 4.98 Å². The minimum absolute atomic E-state index is 0.0495. The zero-order valence-corrected chi connectivity index (χ0v) is 12.0. The van der Waals surface area contributed by atoms with Crippen LogP contribution in [0.5, 0.6) is 5.88 Å². The fourth-order valence-electron chi connectivity index (χ4n) is 2.85. The maximum atomic E-state index is 9.70. The normalized spacial score (nSPS) is 11.3. The number of anilines is 1. The van der Waals surface area contributed by atoms with Gasteiger partial charge in [0.05, 0.1) is 5.69 Å². The molecule has 2 aromatic heterocycles. The number of imidazole rings is 1. The van der Waals surface area contributed by atoms with Gasteiger partial charge in [0.25, 0.3) is 0 Å². The van der Waals surface area contributed by atoms with Gasteiger partial charge in [-0.1, -0.05) is 36.4 Å². The summed E-state index contributed by atoms with van der Waals surface area (Å²) in [5.41, 5.74) is 9.34. The highest BCUT2D eigenvalue weighted by Gasteiger charge is 2.16. The number of aromatic nitrogens is 3. The predicted octanol–water partition coefficient (Wildman–Crippen LogP) is 3.17. The number of hydrogen-bond acceptors (Lipinski definition) is 4. The van der Waals surface area contributed by atoms with E-state index in [1.165, 1.54) is 6.07 Å². The van der Waals surface area contributed by atoms with Crippen LogP contribution in [0.4, 0.5) is 5.95 Å². The molecule has 108 valence electrons. The summed E-state index contributed by atoms with van der Waals surface area (Å²) in [6.07, 6.45) is 0. The quantitative estimate of drug-likeness (QED) is 0.564. The third kappa shape index (κ3) is 1.72. The molecule has 0 radical (unpaired) electrons. The molecule has 0 unspecified atom stereocenters. The van der Waals surface area contributed by atoms with E-state index in [9.17, 15) is 5.11 Å². The molecule has 0 atom stereocenters. The van der Waals surface area contributed by atoms with Crippen LogP contribution in [0.15, 0.2) is 48.5 Å². The molecule has 2 heterocycles. The highest BCUT2D eigenvalue weighted by molar-refractivity contribution is 5.94. The van der Waals surface area contributed by atoms with Crippen molar-refractivity contribution < 1.29 is 5.11 Å². The lowest BCUT2D eigenvalue weighted by Gasteiger charge is -2.13. The van der Waals surface area contributed by atoms with Crippen molar-refractivity contribution in [1.82, 2.24) is 14.5 Å². The summed E-state index contributed by atoms with van der Waals surface area (Å²) < 4.78 is 1.80. The fraction of sp³-hybridized carbons (Fsp3) is 0.0588. The van der Waals surface area contributed by atoms with Crippen LogP contribution in [-0.4, -0.2) is 19.6 Å². The molecule has 0 spiro atoms. The van der Waals surface area contributed by atoms with Crippen LogP contribution in [0.2, 0.25) is 0 Å².